The van der Waals surface area contributed by atoms with Crippen molar-refractivity contribution in [2.75, 3.05) is 0 Å². The molecule has 0 bridgehead atoms. The van der Waals surface area contributed by atoms with E-state index in [0.29, 0.717) is 0 Å². The Morgan fingerprint density at radius 2 is 0.761 bits per heavy atom. The van der Waals surface area contributed by atoms with Gasteiger partial charge in [-0.25, -0.2) is 0 Å². The second-order valence-corrected chi connectivity index (χ2v) is 9.75. The van der Waals surface area contributed by atoms with E-state index in [-0.39, 0.29) is 0 Å². The minimum Gasteiger partial charge on any atom is -0.0622 e. The highest BCUT2D eigenvalue weighted by molar-refractivity contribution is 6.22. The van der Waals surface area contributed by atoms with E-state index < -0.39 is 269 Å². The molecule has 214 valence electrons. The Kier molecular flexibility index (Phi) is 2.37. The summed E-state index contributed by atoms with van der Waals surface area (Å²) in [4.78, 5) is 0. The molecule has 0 radical (unpaired) electrons. The number of fused-ring (bicyclic) bond motifs is 4. The lowest BCUT2D eigenvalue weighted by atomic mass is 9.83. The molecule has 0 atom stereocenters. The fourth-order valence-electron chi connectivity index (χ4n) is 5.25. The first-order valence-electron chi connectivity index (χ1n) is 28.5. The van der Waals surface area contributed by atoms with Gasteiger partial charge in [0.25, 0.3) is 0 Å². The van der Waals surface area contributed by atoms with Gasteiger partial charge in [0.2, 0.25) is 0 Å². The summed E-state index contributed by atoms with van der Waals surface area (Å²) < 4.78 is 271. The van der Waals surface area contributed by atoms with E-state index in [9.17, 15) is 12.3 Å². The quantitative estimate of drug-likeness (QED) is 0.173. The maximum absolute atomic E-state index is 10.2. The Morgan fingerprint density at radius 3 is 1.50 bits per heavy atom. The van der Waals surface area contributed by atoms with Crippen molar-refractivity contribution in [3.05, 3.63) is 181 Å². The van der Waals surface area contributed by atoms with Gasteiger partial charge in [-0.15, -0.1) is 0 Å². The van der Waals surface area contributed by atoms with Crippen molar-refractivity contribution in [2.45, 2.75) is 0 Å². The highest BCUT2D eigenvalue weighted by atomic mass is 14.2. The van der Waals surface area contributed by atoms with Crippen molar-refractivity contribution >= 4 is 43.1 Å². The summed E-state index contributed by atoms with van der Waals surface area (Å²) >= 11 is 0. The minimum absolute atomic E-state index is 0.626. The summed E-state index contributed by atoms with van der Waals surface area (Å²) in [6.45, 7) is 0. The van der Waals surface area contributed by atoms with Gasteiger partial charge < -0.3 is 0 Å². The highest BCUT2D eigenvalue weighted by Crippen LogP contribution is 2.46. The summed E-state index contributed by atoms with van der Waals surface area (Å²) in [5, 5.41) is -6.40. The largest absolute Gasteiger partial charge is 0.0636 e. The fraction of sp³-hybridized carbons (Fsp3) is 0. The molecule has 0 fully saturated rings. The van der Waals surface area contributed by atoms with Crippen LogP contribution in [0.25, 0.3) is 87.6 Å². The molecule has 9 aromatic carbocycles. The Labute approximate surface area is 311 Å². The average Bonchev–Trinajstić information content (AvgIpc) is 3.38. The van der Waals surface area contributed by atoms with Gasteiger partial charge in [-0.3, -0.25) is 0 Å². The third-order valence-electron chi connectivity index (χ3n) is 7.19. The highest BCUT2D eigenvalue weighted by Gasteiger charge is 2.19. The van der Waals surface area contributed by atoms with Crippen molar-refractivity contribution in [1.82, 2.24) is 0 Å². The van der Waals surface area contributed by atoms with Crippen molar-refractivity contribution in [3.63, 3.8) is 0 Å². The van der Waals surface area contributed by atoms with E-state index >= 15 is 0 Å². The molecule has 0 saturated heterocycles. The number of hydrogen-bond donors (Lipinski definition) is 0. The summed E-state index contributed by atoms with van der Waals surface area (Å²) in [6.07, 6.45) is 0. The molecule has 0 spiro atoms. The topological polar surface area (TPSA) is 0 Å². The van der Waals surface area contributed by atoms with Crippen LogP contribution in [0.3, 0.4) is 0 Å². The predicted octanol–water partition coefficient (Wildman–Crippen LogP) is 13.0. The normalized spacial score (nSPS) is 20.6. The third kappa shape index (κ3) is 4.38. The lowest BCUT2D eigenvalue weighted by molar-refractivity contribution is 1.63. The van der Waals surface area contributed by atoms with Crippen LogP contribution in [0.2, 0.25) is 0 Å². The molecule has 0 saturated carbocycles. The molecule has 0 aliphatic heterocycles. The van der Waals surface area contributed by atoms with E-state index in [1.807, 2.05) is 0 Å². The Morgan fingerprint density at radius 1 is 0.261 bits per heavy atom. The monoisotopic (exact) mass is 612 g/mol. The van der Waals surface area contributed by atoms with E-state index in [4.69, 9.17) is 28.8 Å². The molecule has 0 nitrogen and oxygen atoms in total. The minimum atomic E-state index is -1.17. The van der Waals surface area contributed by atoms with Gasteiger partial charge in [0.15, 0.2) is 0 Å². The van der Waals surface area contributed by atoms with Gasteiger partial charge in [0.05, 0.1) is 41.1 Å². The molecular formula is C46H30. The molecule has 0 heterocycles. The summed E-state index contributed by atoms with van der Waals surface area (Å²) in [6, 6.07) is -30.6. The van der Waals surface area contributed by atoms with Crippen LogP contribution in [0, 0.1) is 0 Å². The van der Waals surface area contributed by atoms with Crippen LogP contribution in [0.5, 0.6) is 0 Å². The molecule has 0 unspecified atom stereocenters. The van der Waals surface area contributed by atoms with Gasteiger partial charge >= 0.3 is 0 Å². The van der Waals surface area contributed by atoms with Crippen LogP contribution in [-0.4, -0.2) is 0 Å². The number of hydrogen-bond acceptors (Lipinski definition) is 0. The van der Waals surface area contributed by atoms with E-state index in [1.165, 1.54) is 0 Å². The van der Waals surface area contributed by atoms with Crippen LogP contribution in [-0.2, 0) is 0 Å². The molecule has 0 aliphatic carbocycles. The van der Waals surface area contributed by atoms with Crippen LogP contribution >= 0.6 is 0 Å². The van der Waals surface area contributed by atoms with Crippen molar-refractivity contribution in [2.24, 2.45) is 0 Å². The summed E-state index contributed by atoms with van der Waals surface area (Å²) in [7, 11) is 0. The van der Waals surface area contributed by atoms with Gasteiger partial charge in [0, 0.05) is 0 Å². The van der Waals surface area contributed by atoms with E-state index in [0.717, 1.165) is 0 Å². The van der Waals surface area contributed by atoms with Crippen LogP contribution < -0.4 is 0 Å². The number of benzene rings is 9. The zero-order valence-electron chi connectivity index (χ0n) is 53.0. The Bertz CT molecular complexity index is 4220. The first-order valence-corrected chi connectivity index (χ1v) is 13.5. The summed E-state index contributed by atoms with van der Waals surface area (Å²) in [5.41, 5.74) is -7.22. The zero-order valence-corrected chi connectivity index (χ0v) is 23.0. The lowest BCUT2D eigenvalue weighted by Gasteiger charge is -2.20. The molecular weight excluding hydrogens is 553 g/mol. The van der Waals surface area contributed by atoms with Crippen molar-refractivity contribution in [3.8, 4) is 44.5 Å². The van der Waals surface area contributed by atoms with E-state index in [1.54, 1.807) is 0 Å². The van der Waals surface area contributed by atoms with Crippen molar-refractivity contribution in [1.29, 1.82) is 0 Å². The fourth-order valence-corrected chi connectivity index (χ4v) is 5.25. The molecule has 9 aromatic rings. The lowest BCUT2D eigenvalue weighted by Crippen LogP contribution is -1.93. The predicted molar refractivity (Wildman–Crippen MR) is 198 cm³/mol. The van der Waals surface area contributed by atoms with Gasteiger partial charge in [-0.2, -0.15) is 0 Å². The smallest absolute Gasteiger partial charge is 0.0622 e. The average molecular weight is 613 g/mol. The molecule has 0 amide bonds. The Hall–Kier alpha value is -5.98. The van der Waals surface area contributed by atoms with Gasteiger partial charge in [-0.1, -0.05) is 157 Å². The summed E-state index contributed by atoms with van der Waals surface area (Å²) in [5.74, 6) is 0. The van der Waals surface area contributed by atoms with Crippen LogP contribution in [0.1, 0.15) is 41.1 Å². The third-order valence-corrected chi connectivity index (χ3v) is 7.19. The zero-order chi connectivity index (χ0) is 56.6. The van der Waals surface area contributed by atoms with Crippen LogP contribution in [0.15, 0.2) is 181 Å². The standard InChI is InChI=1S/C46H30/c1-3-14-32(15-4-1)43-30-38(28-37-19-9-10-20-39(37)43)46-41-22-12-11-21-40(41)45(33-16-5-2-6-17-33)42-26-25-36(29-44(42)46)35-24-23-31-13-7-8-18-34(31)27-35/h1-30H/i1D,2D,3D,4D,5D,6D,7D,8D,9D,10D,11D,12D,13D,14D,15D,16D,17D,18D,19D,20D,21D,22D,23D,24D,25D,26D,27D,28D,29D,30D. The maximum Gasteiger partial charge on any atom is 0.0636 e. The molecule has 0 aromatic heterocycles. The molecule has 9 rings (SSSR count). The van der Waals surface area contributed by atoms with Crippen molar-refractivity contribution < 1.29 is 41.1 Å². The Balaban J connectivity index is 1.73. The molecule has 0 aliphatic rings. The molecule has 46 heavy (non-hydrogen) atoms. The molecule has 0 N–H and O–H groups in total. The second-order valence-electron chi connectivity index (χ2n) is 9.75. The van der Waals surface area contributed by atoms with Crippen LogP contribution in [0.4, 0.5) is 0 Å². The maximum atomic E-state index is 10.2. The van der Waals surface area contributed by atoms with Gasteiger partial charge in [0.1, 0.15) is 0 Å². The van der Waals surface area contributed by atoms with Gasteiger partial charge in [-0.05, 0) is 112 Å². The first kappa shape index (κ1) is 10.0. The molecule has 0 heteroatoms. The first-order chi connectivity index (χ1) is 35.3. The second kappa shape index (κ2) is 10.9. The van der Waals surface area contributed by atoms with E-state index in [2.05, 4.69) is 0 Å². The number of rotatable bonds is 4. The SMILES string of the molecule is [2H]c1c([2H])c([2H])c(-c2c([2H])c(-c3c4c([2H])c([2H])c([2H])c([2H])c4c(-c4c([2H])c([2H])c([2H])c([2H])c4[2H])c4c([2H])c([2H])c(-c5c([2H])c([2H])c6c([2H])c([2H])c([2H])c([2H])c6c5[2H])c([2H])c34)c([2H])c3c([2H])c([2H])c([2H])c([2H])c23)c([2H])c1[2H].